The largest absolute Gasteiger partial charge is 0.312 e. The molecule has 19 heavy (non-hydrogen) atoms. The van der Waals surface area contributed by atoms with Crippen LogP contribution in [0.25, 0.3) is 0 Å². The van der Waals surface area contributed by atoms with Gasteiger partial charge in [-0.1, -0.05) is 38.5 Å². The van der Waals surface area contributed by atoms with Crippen LogP contribution in [0.1, 0.15) is 49.4 Å². The van der Waals surface area contributed by atoms with Crippen molar-refractivity contribution in [3.05, 3.63) is 34.9 Å². The topological polar surface area (TPSA) is 15.3 Å². The molecule has 0 aliphatic heterocycles. The molecule has 1 aromatic rings. The van der Waals surface area contributed by atoms with E-state index in [0.717, 1.165) is 13.1 Å². The second-order valence-electron chi connectivity index (χ2n) is 5.43. The van der Waals surface area contributed by atoms with E-state index in [1.54, 1.807) is 0 Å². The van der Waals surface area contributed by atoms with Crippen molar-refractivity contribution in [3.8, 4) is 0 Å². The average Bonchev–Trinajstić information content (AvgIpc) is 2.42. The molecule has 0 heterocycles. The zero-order valence-corrected chi connectivity index (χ0v) is 13.3. The number of benzene rings is 1. The van der Waals surface area contributed by atoms with Crippen LogP contribution in [0, 0.1) is 13.8 Å². The fraction of sp³-hybridized carbons (Fsp3) is 0.647. The van der Waals surface area contributed by atoms with Gasteiger partial charge in [0.2, 0.25) is 0 Å². The first-order valence-electron chi connectivity index (χ1n) is 7.59. The number of aryl methyl sites for hydroxylation is 2. The Labute approximate surface area is 119 Å². The highest BCUT2D eigenvalue weighted by Crippen LogP contribution is 2.18. The minimum atomic E-state index is 0.427. The zero-order chi connectivity index (χ0) is 14.3. The summed E-state index contributed by atoms with van der Waals surface area (Å²) in [7, 11) is 2.06. The lowest BCUT2D eigenvalue weighted by Gasteiger charge is -2.27. The molecule has 0 radical (unpaired) electrons. The maximum Gasteiger partial charge on any atom is 0.0446 e. The second-order valence-corrected chi connectivity index (χ2v) is 5.43. The third-order valence-electron chi connectivity index (χ3n) is 4.00. The van der Waals surface area contributed by atoms with Gasteiger partial charge in [-0.3, -0.25) is 0 Å². The van der Waals surface area contributed by atoms with Gasteiger partial charge in [0.25, 0.3) is 0 Å². The van der Waals surface area contributed by atoms with E-state index in [4.69, 9.17) is 0 Å². The van der Waals surface area contributed by atoms with Gasteiger partial charge in [0.05, 0.1) is 0 Å². The highest BCUT2D eigenvalue weighted by atomic mass is 15.1. The Kier molecular flexibility index (Phi) is 7.11. The van der Waals surface area contributed by atoms with E-state index >= 15 is 0 Å². The molecule has 1 atom stereocenters. The van der Waals surface area contributed by atoms with E-state index < -0.39 is 0 Å². The molecule has 0 fully saturated rings. The van der Waals surface area contributed by atoms with Gasteiger partial charge in [-0.2, -0.15) is 0 Å². The van der Waals surface area contributed by atoms with Gasteiger partial charge in [0.15, 0.2) is 0 Å². The van der Waals surface area contributed by atoms with Crippen molar-refractivity contribution >= 4 is 0 Å². The number of unbranched alkanes of at least 4 members (excludes halogenated alkanes) is 1. The summed E-state index contributed by atoms with van der Waals surface area (Å²) in [5, 5.41) is 3.46. The van der Waals surface area contributed by atoms with Crippen LogP contribution >= 0.6 is 0 Å². The first-order chi connectivity index (χ1) is 9.12. The fourth-order valence-corrected chi connectivity index (χ4v) is 2.36. The summed E-state index contributed by atoms with van der Waals surface area (Å²) in [6.45, 7) is 12.3. The van der Waals surface area contributed by atoms with Crippen molar-refractivity contribution in [2.45, 2.75) is 46.6 Å². The highest BCUT2D eigenvalue weighted by molar-refractivity contribution is 5.31. The maximum atomic E-state index is 3.46. The van der Waals surface area contributed by atoms with Crippen LogP contribution in [0.3, 0.4) is 0 Å². The molecule has 0 saturated carbocycles. The fourth-order valence-electron chi connectivity index (χ4n) is 2.36. The van der Waals surface area contributed by atoms with E-state index in [1.807, 2.05) is 0 Å². The maximum absolute atomic E-state index is 3.46. The van der Waals surface area contributed by atoms with Gasteiger partial charge < -0.3 is 10.2 Å². The predicted octanol–water partition coefficient (Wildman–Crippen LogP) is 3.69. The van der Waals surface area contributed by atoms with Crippen LogP contribution in [-0.2, 0) is 0 Å². The van der Waals surface area contributed by atoms with Gasteiger partial charge in [-0.05, 0) is 57.1 Å². The Bertz CT molecular complexity index is 374. The smallest absolute Gasteiger partial charge is 0.0446 e. The molecule has 1 rings (SSSR count). The van der Waals surface area contributed by atoms with Crippen LogP contribution in [0.15, 0.2) is 18.2 Å². The van der Waals surface area contributed by atoms with Gasteiger partial charge in [-0.25, -0.2) is 0 Å². The lowest BCUT2D eigenvalue weighted by atomic mass is 10.0. The number of hydrogen-bond acceptors (Lipinski definition) is 2. The Morgan fingerprint density at radius 2 is 1.89 bits per heavy atom. The van der Waals surface area contributed by atoms with Gasteiger partial charge in [0.1, 0.15) is 0 Å². The zero-order valence-electron chi connectivity index (χ0n) is 13.3. The first kappa shape index (κ1) is 16.2. The van der Waals surface area contributed by atoms with E-state index in [-0.39, 0.29) is 0 Å². The number of nitrogens with one attached hydrogen (secondary N) is 1. The molecule has 1 aromatic carbocycles. The van der Waals surface area contributed by atoms with Crippen LogP contribution in [0.2, 0.25) is 0 Å². The van der Waals surface area contributed by atoms with Crippen molar-refractivity contribution in [3.63, 3.8) is 0 Å². The standard InChI is InChI=1S/C17H30N2/c1-6-8-11-19(7-2)13-17(18-5)16-10-9-14(3)15(4)12-16/h9-10,12,17-18H,6-8,11,13H2,1-5H3. The number of likely N-dealkylation sites (N-methyl/N-ethyl adjacent to an activating group) is 2. The summed E-state index contributed by atoms with van der Waals surface area (Å²) < 4.78 is 0. The van der Waals surface area contributed by atoms with Crippen LogP contribution in [0.5, 0.6) is 0 Å². The van der Waals surface area contributed by atoms with E-state index in [2.05, 4.69) is 63.2 Å². The SMILES string of the molecule is CCCCN(CC)CC(NC)c1ccc(C)c(C)c1. The summed E-state index contributed by atoms with van der Waals surface area (Å²) >= 11 is 0. The Morgan fingerprint density at radius 3 is 2.42 bits per heavy atom. The van der Waals surface area contributed by atoms with Crippen LogP contribution in [-0.4, -0.2) is 31.6 Å². The molecule has 1 N–H and O–H groups in total. The molecule has 1 unspecified atom stereocenters. The van der Waals surface area contributed by atoms with Crippen LogP contribution < -0.4 is 5.32 Å². The third kappa shape index (κ3) is 4.96. The molecular formula is C17H30N2. The van der Waals surface area contributed by atoms with Crippen LogP contribution in [0.4, 0.5) is 0 Å². The summed E-state index contributed by atoms with van der Waals surface area (Å²) in [6.07, 6.45) is 2.56. The van der Waals surface area contributed by atoms with E-state index in [1.165, 1.54) is 36.1 Å². The Balaban J connectivity index is 2.72. The molecule has 0 saturated heterocycles. The molecule has 2 heteroatoms. The molecule has 0 aliphatic carbocycles. The van der Waals surface area contributed by atoms with Crippen molar-refractivity contribution in [1.29, 1.82) is 0 Å². The lowest BCUT2D eigenvalue weighted by molar-refractivity contribution is 0.254. The van der Waals surface area contributed by atoms with Crippen molar-refractivity contribution in [2.24, 2.45) is 0 Å². The molecule has 0 amide bonds. The monoisotopic (exact) mass is 262 g/mol. The first-order valence-corrected chi connectivity index (χ1v) is 7.59. The Morgan fingerprint density at radius 1 is 1.16 bits per heavy atom. The quantitative estimate of drug-likeness (QED) is 0.768. The minimum absolute atomic E-state index is 0.427. The van der Waals surface area contributed by atoms with E-state index in [0.29, 0.717) is 6.04 Å². The number of nitrogens with zero attached hydrogens (tertiary/aromatic N) is 1. The average molecular weight is 262 g/mol. The molecule has 108 valence electrons. The second kappa shape index (κ2) is 8.34. The molecule has 2 nitrogen and oxygen atoms in total. The predicted molar refractivity (Wildman–Crippen MR) is 84.7 cm³/mol. The molecule has 0 aromatic heterocycles. The van der Waals surface area contributed by atoms with Gasteiger partial charge in [0, 0.05) is 12.6 Å². The summed E-state index contributed by atoms with van der Waals surface area (Å²) in [4.78, 5) is 2.54. The third-order valence-corrected chi connectivity index (χ3v) is 4.00. The van der Waals surface area contributed by atoms with Crippen molar-refractivity contribution in [2.75, 3.05) is 26.7 Å². The Hall–Kier alpha value is -0.860. The minimum Gasteiger partial charge on any atom is -0.312 e. The number of rotatable bonds is 8. The van der Waals surface area contributed by atoms with Gasteiger partial charge in [-0.15, -0.1) is 0 Å². The molecule has 0 aliphatic rings. The molecule has 0 spiro atoms. The summed E-state index contributed by atoms with van der Waals surface area (Å²) in [6, 6.07) is 7.25. The van der Waals surface area contributed by atoms with Crippen molar-refractivity contribution in [1.82, 2.24) is 10.2 Å². The summed E-state index contributed by atoms with van der Waals surface area (Å²) in [5.74, 6) is 0. The summed E-state index contributed by atoms with van der Waals surface area (Å²) in [5.41, 5.74) is 4.16. The van der Waals surface area contributed by atoms with Crippen molar-refractivity contribution < 1.29 is 0 Å². The normalized spacial score (nSPS) is 12.9. The molecule has 0 bridgehead atoms. The molecular weight excluding hydrogens is 232 g/mol. The van der Waals surface area contributed by atoms with Gasteiger partial charge >= 0.3 is 0 Å². The van der Waals surface area contributed by atoms with E-state index in [9.17, 15) is 0 Å². The highest BCUT2D eigenvalue weighted by Gasteiger charge is 2.13. The lowest BCUT2D eigenvalue weighted by Crippen LogP contribution is -2.34. The number of hydrogen-bond donors (Lipinski definition) is 1.